The molecule has 1 aliphatic heterocycles. The van der Waals surface area contributed by atoms with Gasteiger partial charge in [-0.25, -0.2) is 4.98 Å². The van der Waals surface area contributed by atoms with Crippen molar-refractivity contribution < 1.29 is 9.53 Å². The number of hydrogen-bond acceptors (Lipinski definition) is 5. The molecular weight excluding hydrogens is 332 g/mol. The van der Waals surface area contributed by atoms with E-state index < -0.39 is 0 Å². The van der Waals surface area contributed by atoms with Crippen molar-refractivity contribution in [3.8, 4) is 5.88 Å². The van der Waals surface area contributed by atoms with E-state index in [2.05, 4.69) is 54.7 Å². The van der Waals surface area contributed by atoms with Gasteiger partial charge < -0.3 is 4.74 Å². The fraction of sp³-hybridized carbons (Fsp3) is 0.400. The molecule has 2 aromatic rings. The van der Waals surface area contributed by atoms with Gasteiger partial charge in [0.1, 0.15) is 5.60 Å². The number of carbonyl (C=O) groups is 1. The van der Waals surface area contributed by atoms with Crippen LogP contribution < -0.4 is 9.46 Å². The first-order chi connectivity index (χ1) is 11.9. The molecule has 4 nitrogen and oxygen atoms in total. The molecular formula is C20H24N2O2S. The Balaban J connectivity index is 1.82. The van der Waals surface area contributed by atoms with Crippen molar-refractivity contribution in [2.45, 2.75) is 57.1 Å². The van der Waals surface area contributed by atoms with E-state index in [0.29, 0.717) is 11.4 Å². The van der Waals surface area contributed by atoms with E-state index >= 15 is 0 Å². The summed E-state index contributed by atoms with van der Waals surface area (Å²) < 4.78 is 9.53. The molecule has 0 radical (unpaired) electrons. The predicted octanol–water partition coefficient (Wildman–Crippen LogP) is 4.75. The van der Waals surface area contributed by atoms with Crippen LogP contribution in [0.5, 0.6) is 5.88 Å². The molecule has 0 fully saturated rings. The molecule has 0 saturated carbocycles. The number of aromatic nitrogens is 1. The minimum absolute atomic E-state index is 0.0155. The van der Waals surface area contributed by atoms with Crippen LogP contribution in [0.2, 0.25) is 0 Å². The maximum atomic E-state index is 11.7. The Morgan fingerprint density at radius 3 is 2.72 bits per heavy atom. The Morgan fingerprint density at radius 1 is 1.36 bits per heavy atom. The number of hydrogen-bond donors (Lipinski definition) is 1. The zero-order valence-electron chi connectivity index (χ0n) is 15.1. The van der Waals surface area contributed by atoms with Gasteiger partial charge in [-0.2, -0.15) is 0 Å². The molecule has 0 aliphatic carbocycles. The molecule has 1 N–H and O–H groups in total. The molecule has 0 bridgehead atoms. The number of aryl methyl sites for hydroxylation is 1. The SMILES string of the molecule is CCc1ccc(SNC2CC(C)(C)Oc3ncc(C(C)=O)cc32)cc1. The van der Waals surface area contributed by atoms with E-state index in [-0.39, 0.29) is 17.4 Å². The number of ketones is 1. The van der Waals surface area contributed by atoms with Gasteiger partial charge in [0.15, 0.2) is 5.78 Å². The fourth-order valence-electron chi connectivity index (χ4n) is 2.94. The van der Waals surface area contributed by atoms with E-state index in [0.717, 1.165) is 18.4 Å². The molecule has 5 heteroatoms. The van der Waals surface area contributed by atoms with Crippen LogP contribution in [0.15, 0.2) is 41.4 Å². The molecule has 3 rings (SSSR count). The molecule has 0 saturated heterocycles. The summed E-state index contributed by atoms with van der Waals surface area (Å²) in [4.78, 5) is 17.2. The summed E-state index contributed by atoms with van der Waals surface area (Å²) >= 11 is 1.61. The summed E-state index contributed by atoms with van der Waals surface area (Å²) in [6.45, 7) is 7.84. The number of Topliss-reactive ketones (excluding diaryl/α,β-unsaturated/α-hetero) is 1. The number of benzene rings is 1. The average molecular weight is 356 g/mol. The smallest absolute Gasteiger partial charge is 0.218 e. The number of fused-ring (bicyclic) bond motifs is 1. The summed E-state index contributed by atoms with van der Waals surface area (Å²) in [5.41, 5.74) is 2.59. The monoisotopic (exact) mass is 356 g/mol. The van der Waals surface area contributed by atoms with Crippen molar-refractivity contribution in [3.05, 3.63) is 53.2 Å². The van der Waals surface area contributed by atoms with Gasteiger partial charge in [0.25, 0.3) is 0 Å². The standard InChI is InChI=1S/C20H24N2O2S/c1-5-14-6-8-16(9-7-14)25-22-18-11-20(3,4)24-19-17(18)10-15(12-21-19)13(2)23/h6-10,12,18,22H,5,11H2,1-4H3. The quantitative estimate of drug-likeness (QED) is 0.619. The van der Waals surface area contributed by atoms with E-state index in [4.69, 9.17) is 4.74 Å². The molecule has 2 heterocycles. The van der Waals surface area contributed by atoms with Crippen molar-refractivity contribution >= 4 is 17.7 Å². The molecule has 1 aromatic carbocycles. The van der Waals surface area contributed by atoms with Gasteiger partial charge in [0.2, 0.25) is 5.88 Å². The number of carbonyl (C=O) groups excluding carboxylic acids is 1. The molecule has 1 aromatic heterocycles. The lowest BCUT2D eigenvalue weighted by atomic mass is 9.91. The third kappa shape index (κ3) is 4.22. The number of pyridine rings is 1. The third-order valence-electron chi connectivity index (χ3n) is 4.38. The molecule has 1 aliphatic rings. The Kier molecular flexibility index (Phi) is 5.16. The highest BCUT2D eigenvalue weighted by Gasteiger charge is 2.35. The van der Waals surface area contributed by atoms with Crippen LogP contribution >= 0.6 is 11.9 Å². The van der Waals surface area contributed by atoms with Gasteiger partial charge in [-0.15, -0.1) is 0 Å². The highest BCUT2D eigenvalue weighted by Crippen LogP contribution is 2.40. The van der Waals surface area contributed by atoms with Gasteiger partial charge in [0, 0.05) is 28.6 Å². The predicted molar refractivity (Wildman–Crippen MR) is 101 cm³/mol. The first-order valence-corrected chi connectivity index (χ1v) is 9.41. The Labute approximate surface area is 153 Å². The minimum Gasteiger partial charge on any atom is -0.471 e. The highest BCUT2D eigenvalue weighted by atomic mass is 32.2. The maximum Gasteiger partial charge on any atom is 0.218 e. The van der Waals surface area contributed by atoms with Gasteiger partial charge in [-0.3, -0.25) is 9.52 Å². The van der Waals surface area contributed by atoms with Crippen LogP contribution in [0, 0.1) is 0 Å². The van der Waals surface area contributed by atoms with Crippen LogP contribution in [0.1, 0.15) is 61.6 Å². The second-order valence-corrected chi connectivity index (χ2v) is 7.92. The lowest BCUT2D eigenvalue weighted by Crippen LogP contribution is -2.38. The molecule has 25 heavy (non-hydrogen) atoms. The molecule has 0 spiro atoms. The Hall–Kier alpha value is -1.85. The van der Waals surface area contributed by atoms with E-state index in [1.807, 2.05) is 6.07 Å². The largest absolute Gasteiger partial charge is 0.471 e. The number of nitrogens with one attached hydrogen (secondary N) is 1. The minimum atomic E-state index is -0.304. The molecule has 132 valence electrons. The van der Waals surface area contributed by atoms with Gasteiger partial charge in [0.05, 0.1) is 6.04 Å². The van der Waals surface area contributed by atoms with Crippen molar-refractivity contribution in [2.75, 3.05) is 0 Å². The van der Waals surface area contributed by atoms with Crippen molar-refractivity contribution in [1.82, 2.24) is 9.71 Å². The fourth-order valence-corrected chi connectivity index (χ4v) is 3.70. The zero-order valence-corrected chi connectivity index (χ0v) is 15.9. The molecule has 0 amide bonds. The second-order valence-electron chi connectivity index (χ2n) is 7.01. The summed E-state index contributed by atoms with van der Waals surface area (Å²) in [6, 6.07) is 10.5. The summed E-state index contributed by atoms with van der Waals surface area (Å²) in [5.74, 6) is 0.627. The lowest BCUT2D eigenvalue weighted by Gasteiger charge is -2.37. The average Bonchev–Trinajstić information content (AvgIpc) is 2.58. The maximum absolute atomic E-state index is 11.7. The van der Waals surface area contributed by atoms with Crippen LogP contribution in [0.3, 0.4) is 0 Å². The Morgan fingerprint density at radius 2 is 2.08 bits per heavy atom. The molecule has 1 unspecified atom stereocenters. The van der Waals surface area contributed by atoms with E-state index in [1.54, 1.807) is 25.1 Å². The number of nitrogens with zero attached hydrogens (tertiary/aromatic N) is 1. The van der Waals surface area contributed by atoms with Crippen LogP contribution in [0.4, 0.5) is 0 Å². The van der Waals surface area contributed by atoms with Crippen molar-refractivity contribution in [2.24, 2.45) is 0 Å². The first kappa shape index (κ1) is 18.0. The van der Waals surface area contributed by atoms with Crippen LogP contribution in [0.25, 0.3) is 0 Å². The summed E-state index contributed by atoms with van der Waals surface area (Å²) in [7, 11) is 0. The lowest BCUT2D eigenvalue weighted by molar-refractivity contribution is 0.0644. The van der Waals surface area contributed by atoms with Gasteiger partial charge in [-0.05, 0) is 62.9 Å². The summed E-state index contributed by atoms with van der Waals surface area (Å²) in [5, 5.41) is 0. The Bertz CT molecular complexity index is 772. The van der Waals surface area contributed by atoms with Gasteiger partial charge in [-0.1, -0.05) is 19.1 Å². The first-order valence-electron chi connectivity index (χ1n) is 8.59. The van der Waals surface area contributed by atoms with Crippen LogP contribution in [-0.4, -0.2) is 16.4 Å². The number of rotatable bonds is 5. The van der Waals surface area contributed by atoms with Gasteiger partial charge >= 0.3 is 0 Å². The highest BCUT2D eigenvalue weighted by molar-refractivity contribution is 7.97. The van der Waals surface area contributed by atoms with Crippen LogP contribution in [-0.2, 0) is 6.42 Å². The number of ether oxygens (including phenoxy) is 1. The van der Waals surface area contributed by atoms with E-state index in [1.165, 1.54) is 10.5 Å². The normalized spacial score (nSPS) is 18.3. The second kappa shape index (κ2) is 7.18. The van der Waals surface area contributed by atoms with Crippen molar-refractivity contribution in [3.63, 3.8) is 0 Å². The third-order valence-corrected chi connectivity index (χ3v) is 5.29. The van der Waals surface area contributed by atoms with E-state index in [9.17, 15) is 4.79 Å². The van der Waals surface area contributed by atoms with Crippen molar-refractivity contribution in [1.29, 1.82) is 0 Å². The zero-order chi connectivity index (χ0) is 18.0. The summed E-state index contributed by atoms with van der Waals surface area (Å²) in [6.07, 6.45) is 3.44. The molecule has 1 atom stereocenters. The topological polar surface area (TPSA) is 51.2 Å².